The first-order valence-electron chi connectivity index (χ1n) is 5.17. The molecule has 82 valence electrons. The van der Waals surface area contributed by atoms with Crippen LogP contribution in [-0.4, -0.2) is 15.1 Å². The molecule has 0 amide bonds. The normalized spacial score (nSPS) is 14.4. The smallest absolute Gasteiger partial charge is 0.130 e. The molecule has 1 atom stereocenters. The molecule has 1 N–H and O–H groups in total. The highest BCUT2D eigenvalue weighted by Gasteiger charge is 2.26. The van der Waals surface area contributed by atoms with E-state index in [1.165, 1.54) is 5.56 Å². The van der Waals surface area contributed by atoms with E-state index in [2.05, 4.69) is 9.97 Å². The molecule has 0 saturated heterocycles. The standard InChI is InChI=1S/C13H14N2O/c1-10-3-5-11(6-4-10)13(2,16)12-9-14-7-8-15-12/h3-9,16H,1-2H3. The third-order valence-corrected chi connectivity index (χ3v) is 2.68. The summed E-state index contributed by atoms with van der Waals surface area (Å²) in [5.41, 5.74) is 1.44. The van der Waals surface area contributed by atoms with Gasteiger partial charge in [0.05, 0.1) is 11.9 Å². The van der Waals surface area contributed by atoms with Crippen molar-refractivity contribution in [2.45, 2.75) is 19.4 Å². The summed E-state index contributed by atoms with van der Waals surface area (Å²) in [4.78, 5) is 8.11. The van der Waals surface area contributed by atoms with Crippen molar-refractivity contribution in [2.75, 3.05) is 0 Å². The molecule has 0 aliphatic carbocycles. The SMILES string of the molecule is Cc1ccc(C(C)(O)c2cnccn2)cc1. The molecule has 1 aromatic carbocycles. The molecule has 0 bridgehead atoms. The first-order chi connectivity index (χ1) is 7.60. The van der Waals surface area contributed by atoms with E-state index in [9.17, 15) is 5.11 Å². The maximum atomic E-state index is 10.4. The van der Waals surface area contributed by atoms with Gasteiger partial charge in [-0.25, -0.2) is 0 Å². The van der Waals surface area contributed by atoms with Gasteiger partial charge in [-0.1, -0.05) is 29.8 Å². The number of aromatic nitrogens is 2. The van der Waals surface area contributed by atoms with E-state index in [-0.39, 0.29) is 0 Å². The van der Waals surface area contributed by atoms with Gasteiger partial charge in [0.2, 0.25) is 0 Å². The van der Waals surface area contributed by atoms with Crippen LogP contribution in [0.3, 0.4) is 0 Å². The Balaban J connectivity index is 2.43. The van der Waals surface area contributed by atoms with Crippen LogP contribution in [0.2, 0.25) is 0 Å². The lowest BCUT2D eigenvalue weighted by atomic mass is 9.92. The van der Waals surface area contributed by atoms with Crippen LogP contribution in [0.4, 0.5) is 0 Å². The second-order valence-corrected chi connectivity index (χ2v) is 4.03. The molecular formula is C13H14N2O. The van der Waals surface area contributed by atoms with Crippen molar-refractivity contribution in [3.05, 3.63) is 59.7 Å². The summed E-state index contributed by atoms with van der Waals surface area (Å²) in [5, 5.41) is 10.4. The Bertz CT molecular complexity index is 463. The van der Waals surface area contributed by atoms with Gasteiger partial charge in [-0.05, 0) is 19.4 Å². The summed E-state index contributed by atoms with van der Waals surface area (Å²) in [6.45, 7) is 3.74. The van der Waals surface area contributed by atoms with E-state index in [0.29, 0.717) is 5.69 Å². The number of nitrogens with zero attached hydrogens (tertiary/aromatic N) is 2. The van der Waals surface area contributed by atoms with Gasteiger partial charge in [-0.2, -0.15) is 0 Å². The van der Waals surface area contributed by atoms with Crippen LogP contribution in [0.15, 0.2) is 42.9 Å². The fraction of sp³-hybridized carbons (Fsp3) is 0.231. The molecule has 1 aromatic heterocycles. The zero-order valence-corrected chi connectivity index (χ0v) is 9.38. The lowest BCUT2D eigenvalue weighted by Gasteiger charge is -2.22. The number of benzene rings is 1. The van der Waals surface area contributed by atoms with Crippen molar-refractivity contribution in [1.29, 1.82) is 0 Å². The fourth-order valence-electron chi connectivity index (χ4n) is 1.58. The molecule has 2 rings (SSSR count). The molecule has 1 unspecified atom stereocenters. The van der Waals surface area contributed by atoms with Crippen molar-refractivity contribution in [1.82, 2.24) is 9.97 Å². The summed E-state index contributed by atoms with van der Waals surface area (Å²) in [5.74, 6) is 0. The van der Waals surface area contributed by atoms with Crippen LogP contribution in [0, 0.1) is 6.92 Å². The topological polar surface area (TPSA) is 46.0 Å². The van der Waals surface area contributed by atoms with Crippen molar-refractivity contribution in [2.24, 2.45) is 0 Å². The van der Waals surface area contributed by atoms with E-state index >= 15 is 0 Å². The Morgan fingerprint density at radius 3 is 2.38 bits per heavy atom. The summed E-state index contributed by atoms with van der Waals surface area (Å²) in [6.07, 6.45) is 4.76. The second kappa shape index (κ2) is 4.02. The predicted molar refractivity (Wildman–Crippen MR) is 61.9 cm³/mol. The van der Waals surface area contributed by atoms with Crippen LogP contribution in [0.25, 0.3) is 0 Å². The Kier molecular flexibility index (Phi) is 2.71. The Labute approximate surface area is 94.8 Å². The lowest BCUT2D eigenvalue weighted by molar-refractivity contribution is 0.0969. The van der Waals surface area contributed by atoms with Crippen molar-refractivity contribution in [3.8, 4) is 0 Å². The Morgan fingerprint density at radius 1 is 1.12 bits per heavy atom. The van der Waals surface area contributed by atoms with Gasteiger partial charge in [-0.15, -0.1) is 0 Å². The van der Waals surface area contributed by atoms with Gasteiger partial charge in [0.15, 0.2) is 0 Å². The summed E-state index contributed by atoms with van der Waals surface area (Å²) >= 11 is 0. The highest BCUT2D eigenvalue weighted by molar-refractivity contribution is 5.32. The first kappa shape index (κ1) is 10.8. The van der Waals surface area contributed by atoms with Gasteiger partial charge >= 0.3 is 0 Å². The third kappa shape index (κ3) is 1.95. The molecule has 3 heteroatoms. The van der Waals surface area contributed by atoms with Crippen LogP contribution < -0.4 is 0 Å². The monoisotopic (exact) mass is 214 g/mol. The number of aliphatic hydroxyl groups is 1. The average Bonchev–Trinajstić information content (AvgIpc) is 2.31. The molecular weight excluding hydrogens is 200 g/mol. The van der Waals surface area contributed by atoms with Crippen molar-refractivity contribution >= 4 is 0 Å². The van der Waals surface area contributed by atoms with E-state index in [1.54, 1.807) is 25.5 Å². The van der Waals surface area contributed by atoms with Crippen LogP contribution in [0.5, 0.6) is 0 Å². The van der Waals surface area contributed by atoms with Gasteiger partial charge in [0.1, 0.15) is 5.60 Å². The van der Waals surface area contributed by atoms with Crippen molar-refractivity contribution in [3.63, 3.8) is 0 Å². The number of rotatable bonds is 2. The highest BCUT2D eigenvalue weighted by atomic mass is 16.3. The van der Waals surface area contributed by atoms with Gasteiger partial charge in [-0.3, -0.25) is 9.97 Å². The van der Waals surface area contributed by atoms with E-state index in [0.717, 1.165) is 5.56 Å². The van der Waals surface area contributed by atoms with E-state index < -0.39 is 5.60 Å². The zero-order valence-electron chi connectivity index (χ0n) is 9.38. The molecule has 3 nitrogen and oxygen atoms in total. The van der Waals surface area contributed by atoms with Crippen molar-refractivity contribution < 1.29 is 5.11 Å². The summed E-state index contributed by atoms with van der Waals surface area (Å²) in [6, 6.07) is 7.76. The molecule has 0 aliphatic heterocycles. The minimum atomic E-state index is -1.10. The predicted octanol–water partition coefficient (Wildman–Crippen LogP) is 2.04. The van der Waals surface area contributed by atoms with Crippen LogP contribution in [-0.2, 0) is 5.60 Å². The van der Waals surface area contributed by atoms with Gasteiger partial charge in [0, 0.05) is 12.4 Å². The molecule has 0 fully saturated rings. The Hall–Kier alpha value is -1.74. The fourth-order valence-corrected chi connectivity index (χ4v) is 1.58. The van der Waals surface area contributed by atoms with Crippen LogP contribution in [0.1, 0.15) is 23.7 Å². The largest absolute Gasteiger partial charge is 0.379 e. The highest BCUT2D eigenvalue weighted by Crippen LogP contribution is 2.26. The summed E-state index contributed by atoms with van der Waals surface area (Å²) in [7, 11) is 0. The quantitative estimate of drug-likeness (QED) is 0.832. The molecule has 0 saturated carbocycles. The van der Waals surface area contributed by atoms with E-state index in [1.807, 2.05) is 31.2 Å². The van der Waals surface area contributed by atoms with E-state index in [4.69, 9.17) is 0 Å². The molecule has 1 heterocycles. The molecule has 0 radical (unpaired) electrons. The van der Waals surface area contributed by atoms with Gasteiger partial charge in [0.25, 0.3) is 0 Å². The molecule has 2 aromatic rings. The second-order valence-electron chi connectivity index (χ2n) is 4.03. The zero-order chi connectivity index (χ0) is 11.6. The number of hydrogen-bond donors (Lipinski definition) is 1. The lowest BCUT2D eigenvalue weighted by Crippen LogP contribution is -2.24. The molecule has 16 heavy (non-hydrogen) atoms. The van der Waals surface area contributed by atoms with Crippen LogP contribution >= 0.6 is 0 Å². The first-order valence-corrected chi connectivity index (χ1v) is 5.17. The maximum Gasteiger partial charge on any atom is 0.130 e. The number of hydrogen-bond acceptors (Lipinski definition) is 3. The average molecular weight is 214 g/mol. The Morgan fingerprint density at radius 2 is 1.81 bits per heavy atom. The maximum absolute atomic E-state index is 10.4. The minimum absolute atomic E-state index is 0.554. The minimum Gasteiger partial charge on any atom is -0.379 e. The molecule has 0 aliphatic rings. The van der Waals surface area contributed by atoms with Gasteiger partial charge < -0.3 is 5.11 Å². The molecule has 0 spiro atoms. The number of aryl methyl sites for hydroxylation is 1. The third-order valence-electron chi connectivity index (χ3n) is 2.68. The summed E-state index contributed by atoms with van der Waals surface area (Å²) < 4.78 is 0.